The van der Waals surface area contributed by atoms with E-state index in [1.165, 1.54) is 6.92 Å². The molecule has 0 bridgehead atoms. The molecule has 312 valence electrons. The number of hydrogen-bond acceptors (Lipinski definition) is 12. The summed E-state index contributed by atoms with van der Waals surface area (Å²) in [7, 11) is 0. The van der Waals surface area contributed by atoms with Gasteiger partial charge in [-0.3, -0.25) is 43.5 Å². The Morgan fingerprint density at radius 1 is 0.618 bits per heavy atom. The molecule has 0 fully saturated rings. The molecule has 0 unspecified atom stereocenters. The van der Waals surface area contributed by atoms with Crippen molar-refractivity contribution in [2.24, 2.45) is 50.3 Å². The predicted octanol–water partition coefficient (Wildman–Crippen LogP) is -6.63. The Bertz CT molecular complexity index is 1390. The lowest BCUT2D eigenvalue weighted by Crippen LogP contribution is -2.60. The van der Waals surface area contributed by atoms with Crippen LogP contribution in [0.1, 0.15) is 65.7 Å². The molecule has 0 aliphatic carbocycles. The number of aliphatic hydroxyl groups is 1. The number of rotatable bonds is 27. The Labute approximate surface area is 318 Å². The van der Waals surface area contributed by atoms with Gasteiger partial charge in [0.1, 0.15) is 36.3 Å². The third-order valence-corrected chi connectivity index (χ3v) is 8.02. The van der Waals surface area contributed by atoms with Crippen LogP contribution in [0.25, 0.3) is 0 Å². The van der Waals surface area contributed by atoms with E-state index in [2.05, 4.69) is 41.9 Å². The highest BCUT2D eigenvalue weighted by molar-refractivity contribution is 5.97. The molecule has 0 saturated heterocycles. The maximum Gasteiger partial charge on any atom is 0.328 e. The molecular weight excluding hydrogens is 728 g/mol. The maximum absolute atomic E-state index is 13.6. The van der Waals surface area contributed by atoms with Crippen molar-refractivity contribution in [2.45, 2.75) is 102 Å². The van der Waals surface area contributed by atoms with Crippen LogP contribution in [-0.2, 0) is 38.4 Å². The number of carboxylic acid groups (broad SMARTS) is 1. The van der Waals surface area contributed by atoms with Gasteiger partial charge in [-0.1, -0.05) is 20.3 Å². The highest BCUT2D eigenvalue weighted by Crippen LogP contribution is 2.11. The molecule has 7 amide bonds. The van der Waals surface area contributed by atoms with Crippen LogP contribution in [0.5, 0.6) is 0 Å². The number of hydrogen-bond donors (Lipinski definition) is 14. The van der Waals surface area contributed by atoms with Crippen LogP contribution >= 0.6 is 0 Å². The van der Waals surface area contributed by atoms with E-state index >= 15 is 0 Å². The molecule has 0 aromatic rings. The summed E-state index contributed by atoms with van der Waals surface area (Å²) < 4.78 is 0. The molecule has 0 aromatic carbocycles. The summed E-state index contributed by atoms with van der Waals surface area (Å²) in [6, 6.07) is -8.16. The summed E-state index contributed by atoms with van der Waals surface area (Å²) in [4.78, 5) is 109. The fourth-order valence-electron chi connectivity index (χ4n) is 4.70. The molecule has 24 nitrogen and oxygen atoms in total. The van der Waals surface area contributed by atoms with Crippen LogP contribution < -0.4 is 66.3 Å². The number of aliphatic hydroxyl groups excluding tert-OH is 1. The maximum atomic E-state index is 13.6. The number of primary amides is 1. The quantitative estimate of drug-likeness (QED) is 0.0209. The van der Waals surface area contributed by atoms with Crippen LogP contribution in [0.4, 0.5) is 0 Å². The van der Waals surface area contributed by atoms with Crippen molar-refractivity contribution in [3.8, 4) is 0 Å². The summed E-state index contributed by atoms with van der Waals surface area (Å²) in [5.74, 6) is -8.19. The highest BCUT2D eigenvalue weighted by Gasteiger charge is 2.33. The van der Waals surface area contributed by atoms with Crippen molar-refractivity contribution in [2.75, 3.05) is 26.2 Å². The zero-order chi connectivity index (χ0) is 42.2. The van der Waals surface area contributed by atoms with E-state index in [0.717, 1.165) is 0 Å². The number of nitrogens with one attached hydrogen (secondary N) is 6. The summed E-state index contributed by atoms with van der Waals surface area (Å²) in [5, 5.41) is 33.2. The minimum Gasteiger partial charge on any atom is -0.480 e. The van der Waals surface area contributed by atoms with Crippen molar-refractivity contribution in [1.82, 2.24) is 31.9 Å². The van der Waals surface area contributed by atoms with Gasteiger partial charge in [-0.25, -0.2) is 4.79 Å². The topological polar surface area (TPSA) is 430 Å². The Morgan fingerprint density at radius 3 is 1.51 bits per heavy atom. The molecule has 0 spiro atoms. The molecule has 0 rings (SSSR count). The molecule has 20 N–H and O–H groups in total. The molecule has 0 aliphatic rings. The summed E-state index contributed by atoms with van der Waals surface area (Å²) >= 11 is 0. The van der Waals surface area contributed by atoms with Gasteiger partial charge in [0.05, 0.1) is 13.2 Å². The van der Waals surface area contributed by atoms with Crippen molar-refractivity contribution >= 4 is 59.2 Å². The van der Waals surface area contributed by atoms with Crippen LogP contribution in [0.3, 0.4) is 0 Å². The van der Waals surface area contributed by atoms with Gasteiger partial charge in [0.15, 0.2) is 11.9 Å². The van der Waals surface area contributed by atoms with Gasteiger partial charge in [-0.2, -0.15) is 0 Å². The van der Waals surface area contributed by atoms with E-state index in [1.807, 2.05) is 0 Å². The van der Waals surface area contributed by atoms with E-state index in [4.69, 9.17) is 34.4 Å². The second-order valence-electron chi connectivity index (χ2n) is 12.5. The molecule has 24 heteroatoms. The van der Waals surface area contributed by atoms with Crippen molar-refractivity contribution in [3.63, 3.8) is 0 Å². The van der Waals surface area contributed by atoms with Gasteiger partial charge in [-0.15, -0.1) is 0 Å². The highest BCUT2D eigenvalue weighted by atomic mass is 16.4. The van der Waals surface area contributed by atoms with E-state index in [9.17, 15) is 48.6 Å². The van der Waals surface area contributed by atoms with Crippen molar-refractivity contribution < 1.29 is 48.6 Å². The third kappa shape index (κ3) is 20.3. The van der Waals surface area contributed by atoms with Crippen molar-refractivity contribution in [3.05, 3.63) is 0 Å². The average molecular weight is 787 g/mol. The first-order valence-electron chi connectivity index (χ1n) is 17.5. The molecule has 7 atom stereocenters. The lowest BCUT2D eigenvalue weighted by molar-refractivity contribution is -0.143. The normalized spacial score (nSPS) is 14.5. The lowest BCUT2D eigenvalue weighted by atomic mass is 9.97. The SMILES string of the molecule is CC[C@H](C)[C@H](NC(=O)[C@H](CCCN=C(N)N)NC(=O)[C@H](C)NC(=O)[C@H](CCCN=C(N)N)NC(=O)[C@H](CCC(N)=O)NC(=O)CN)C(=O)N[C@@H](CO)C(=O)O. The Balaban J connectivity index is 6.21. The first-order valence-corrected chi connectivity index (χ1v) is 17.5. The first kappa shape index (κ1) is 49.2. The minimum absolute atomic E-state index is 0.0516. The number of aliphatic carboxylic acids is 1. The number of aliphatic imine (C=N–C) groups is 2. The zero-order valence-corrected chi connectivity index (χ0v) is 31.3. The Hall–Kier alpha value is -5.78. The smallest absolute Gasteiger partial charge is 0.328 e. The zero-order valence-electron chi connectivity index (χ0n) is 31.3. The predicted molar refractivity (Wildman–Crippen MR) is 199 cm³/mol. The number of carbonyl (C=O) groups excluding carboxylic acids is 7. The number of guanidine groups is 2. The average Bonchev–Trinajstić information content (AvgIpc) is 3.12. The van der Waals surface area contributed by atoms with Gasteiger partial charge in [0.2, 0.25) is 41.4 Å². The molecule has 55 heavy (non-hydrogen) atoms. The summed E-state index contributed by atoms with van der Waals surface area (Å²) in [6.45, 7) is 3.41. The number of carboxylic acids is 1. The van der Waals surface area contributed by atoms with E-state index in [-0.39, 0.29) is 63.5 Å². The third-order valence-electron chi connectivity index (χ3n) is 8.02. The summed E-state index contributed by atoms with van der Waals surface area (Å²) in [5.41, 5.74) is 32.0. The Kier molecular flexibility index (Phi) is 23.3. The minimum atomic E-state index is -1.64. The molecule has 0 radical (unpaired) electrons. The number of nitrogens with two attached hydrogens (primary N) is 6. The van der Waals surface area contributed by atoms with Gasteiger partial charge < -0.3 is 76.5 Å². The van der Waals surface area contributed by atoms with Gasteiger partial charge in [0, 0.05) is 19.5 Å². The second-order valence-corrected chi connectivity index (χ2v) is 12.5. The lowest BCUT2D eigenvalue weighted by Gasteiger charge is -2.28. The van der Waals surface area contributed by atoms with Gasteiger partial charge in [0.25, 0.3) is 0 Å². The summed E-state index contributed by atoms with van der Waals surface area (Å²) in [6.07, 6.45) is 0.122. The fraction of sp³-hybridized carbons (Fsp3) is 0.677. The largest absolute Gasteiger partial charge is 0.480 e. The van der Waals surface area contributed by atoms with Crippen LogP contribution in [-0.4, -0.2) is 132 Å². The number of amides is 7. The molecule has 0 saturated carbocycles. The van der Waals surface area contributed by atoms with Crippen LogP contribution in [0.2, 0.25) is 0 Å². The van der Waals surface area contributed by atoms with E-state index in [1.54, 1.807) is 13.8 Å². The standard InChI is InChI=1S/C31H58N14O10/c1-4-15(2)23(28(53)44-20(14-46)29(54)55)45-27(52)18(8-6-12-39-31(36)37)42-24(49)16(3)40-25(50)17(7-5-11-38-30(34)35)43-26(51)19(9-10-21(33)47)41-22(48)13-32/h15-20,23,46H,4-14,32H2,1-3H3,(H2,33,47)(H,40,50)(H,41,48)(H,42,49)(H,43,51)(H,44,53)(H,45,52)(H,54,55)(H4,34,35,38)(H4,36,37,39)/t15-,16-,17-,18-,19-,20-,23-/m0/s1. The Morgan fingerprint density at radius 2 is 1.07 bits per heavy atom. The molecular formula is C31H58N14O10. The first-order chi connectivity index (χ1) is 25.8. The van der Waals surface area contributed by atoms with Crippen LogP contribution in [0, 0.1) is 5.92 Å². The fourth-order valence-corrected chi connectivity index (χ4v) is 4.70. The molecule has 0 heterocycles. The van der Waals surface area contributed by atoms with E-state index in [0.29, 0.717) is 6.42 Å². The molecule has 0 aliphatic heterocycles. The number of nitrogens with zero attached hydrogens (tertiary/aromatic N) is 2. The monoisotopic (exact) mass is 786 g/mol. The van der Waals surface area contributed by atoms with Gasteiger partial charge in [-0.05, 0) is 44.9 Å². The van der Waals surface area contributed by atoms with E-state index < -0.39 is 103 Å². The number of carbonyl (C=O) groups is 8. The van der Waals surface area contributed by atoms with Crippen molar-refractivity contribution in [1.29, 1.82) is 0 Å². The second kappa shape index (κ2) is 26.1. The molecule has 0 aromatic heterocycles. The van der Waals surface area contributed by atoms with Gasteiger partial charge >= 0.3 is 5.97 Å². The van der Waals surface area contributed by atoms with Crippen LogP contribution in [0.15, 0.2) is 9.98 Å².